The van der Waals surface area contributed by atoms with Gasteiger partial charge < -0.3 is 10.6 Å². The zero-order valence-electron chi connectivity index (χ0n) is 10.4. The molecule has 0 aromatic carbocycles. The molecule has 1 rings (SSSR count). The Morgan fingerprint density at radius 2 is 2.18 bits per heavy atom. The van der Waals surface area contributed by atoms with Gasteiger partial charge in [0.05, 0.1) is 8.66 Å². The fourth-order valence-electron chi connectivity index (χ4n) is 1.39. The third kappa shape index (κ3) is 4.41. The van der Waals surface area contributed by atoms with E-state index < -0.39 is 0 Å². The van der Waals surface area contributed by atoms with Crippen LogP contribution in [0.1, 0.15) is 29.9 Å². The maximum absolute atomic E-state index is 12.0. The lowest BCUT2D eigenvalue weighted by Crippen LogP contribution is -2.34. The lowest BCUT2D eigenvalue weighted by atomic mass is 10.0. The number of carbonyl (C=O) groups excluding carboxylic acids is 1. The number of thiophene rings is 1. The minimum atomic E-state index is 0.0663. The van der Waals surface area contributed by atoms with E-state index in [0.29, 0.717) is 12.5 Å². The molecule has 1 aromatic heterocycles. The number of hydrogen-bond acceptors (Lipinski definition) is 3. The zero-order valence-corrected chi connectivity index (χ0v) is 12.8. The topological polar surface area (TPSA) is 46.3 Å². The van der Waals surface area contributed by atoms with Crippen molar-refractivity contribution in [3.8, 4) is 0 Å². The summed E-state index contributed by atoms with van der Waals surface area (Å²) in [5.74, 6) is 0.519. The Balaban J connectivity index is 2.48. The Morgan fingerprint density at radius 1 is 1.53 bits per heavy atom. The van der Waals surface area contributed by atoms with E-state index in [1.54, 1.807) is 4.90 Å². The molecule has 96 valence electrons. The van der Waals surface area contributed by atoms with Crippen LogP contribution in [-0.2, 0) is 0 Å². The molecule has 0 aliphatic heterocycles. The van der Waals surface area contributed by atoms with E-state index in [1.165, 1.54) is 11.3 Å². The fraction of sp³-hybridized carbons (Fsp3) is 0.583. The predicted octanol–water partition coefficient (Wildman–Crippen LogP) is 2.96. The van der Waals surface area contributed by atoms with E-state index in [2.05, 4.69) is 29.8 Å². The molecular formula is C12H19BrN2OS. The quantitative estimate of drug-likeness (QED) is 0.907. The Morgan fingerprint density at radius 3 is 2.65 bits per heavy atom. The molecular weight excluding hydrogens is 300 g/mol. The van der Waals surface area contributed by atoms with Gasteiger partial charge >= 0.3 is 0 Å². The standard InChI is InChI=1S/C12H19BrN2OS/c1-8(2)9(14)6-7-15(3)12(16)10-4-5-11(13)17-10/h4-5,8-9H,6-7,14H2,1-3H3. The molecule has 17 heavy (non-hydrogen) atoms. The second-order valence-electron chi connectivity index (χ2n) is 4.53. The summed E-state index contributed by atoms with van der Waals surface area (Å²) in [5.41, 5.74) is 5.96. The second-order valence-corrected chi connectivity index (χ2v) is 6.99. The van der Waals surface area contributed by atoms with Crippen molar-refractivity contribution in [2.45, 2.75) is 26.3 Å². The maximum Gasteiger partial charge on any atom is 0.263 e. The number of carbonyl (C=O) groups is 1. The number of rotatable bonds is 5. The van der Waals surface area contributed by atoms with Gasteiger partial charge in [-0.1, -0.05) is 13.8 Å². The van der Waals surface area contributed by atoms with Gasteiger partial charge in [0.1, 0.15) is 0 Å². The van der Waals surface area contributed by atoms with Gasteiger partial charge in [-0.15, -0.1) is 11.3 Å². The summed E-state index contributed by atoms with van der Waals surface area (Å²) in [7, 11) is 1.82. The first-order valence-electron chi connectivity index (χ1n) is 5.68. The molecule has 0 aliphatic rings. The summed E-state index contributed by atoms with van der Waals surface area (Å²) >= 11 is 4.82. The first kappa shape index (κ1) is 14.7. The smallest absolute Gasteiger partial charge is 0.263 e. The predicted molar refractivity (Wildman–Crippen MR) is 76.4 cm³/mol. The van der Waals surface area contributed by atoms with Gasteiger partial charge in [-0.25, -0.2) is 0 Å². The van der Waals surface area contributed by atoms with Gasteiger partial charge in [-0.3, -0.25) is 4.79 Å². The van der Waals surface area contributed by atoms with Crippen LogP contribution in [0.5, 0.6) is 0 Å². The summed E-state index contributed by atoms with van der Waals surface area (Å²) in [5, 5.41) is 0. The third-order valence-corrected chi connectivity index (χ3v) is 4.40. The summed E-state index contributed by atoms with van der Waals surface area (Å²) in [6, 6.07) is 3.89. The first-order valence-corrected chi connectivity index (χ1v) is 7.29. The van der Waals surface area contributed by atoms with Crippen molar-refractivity contribution in [1.82, 2.24) is 4.90 Å². The van der Waals surface area contributed by atoms with Crippen molar-refractivity contribution in [2.75, 3.05) is 13.6 Å². The molecule has 5 heteroatoms. The van der Waals surface area contributed by atoms with E-state index in [1.807, 2.05) is 19.2 Å². The van der Waals surface area contributed by atoms with Crippen molar-refractivity contribution in [2.24, 2.45) is 11.7 Å². The fourth-order valence-corrected chi connectivity index (χ4v) is 2.78. The molecule has 0 saturated heterocycles. The number of halogens is 1. The van der Waals surface area contributed by atoms with Crippen LogP contribution in [0, 0.1) is 5.92 Å². The molecule has 0 saturated carbocycles. The maximum atomic E-state index is 12.0. The summed E-state index contributed by atoms with van der Waals surface area (Å²) in [6.07, 6.45) is 0.840. The highest BCUT2D eigenvalue weighted by molar-refractivity contribution is 9.11. The average molecular weight is 319 g/mol. The van der Waals surface area contributed by atoms with E-state index in [0.717, 1.165) is 15.1 Å². The Labute approximate surface area is 115 Å². The van der Waals surface area contributed by atoms with Crippen molar-refractivity contribution in [1.29, 1.82) is 0 Å². The molecule has 1 heterocycles. The monoisotopic (exact) mass is 318 g/mol. The summed E-state index contributed by atoms with van der Waals surface area (Å²) < 4.78 is 0.980. The van der Waals surface area contributed by atoms with Crippen molar-refractivity contribution in [3.05, 3.63) is 20.8 Å². The van der Waals surface area contributed by atoms with Gasteiger partial charge in [0.25, 0.3) is 5.91 Å². The number of amides is 1. The van der Waals surface area contributed by atoms with Gasteiger partial charge in [0.15, 0.2) is 0 Å². The van der Waals surface area contributed by atoms with E-state index in [4.69, 9.17) is 5.73 Å². The van der Waals surface area contributed by atoms with Crippen LogP contribution in [0.2, 0.25) is 0 Å². The van der Waals surface area contributed by atoms with Gasteiger partial charge in [-0.05, 0) is 40.4 Å². The highest BCUT2D eigenvalue weighted by Gasteiger charge is 2.15. The van der Waals surface area contributed by atoms with Gasteiger partial charge in [0, 0.05) is 19.6 Å². The lowest BCUT2D eigenvalue weighted by Gasteiger charge is -2.21. The van der Waals surface area contributed by atoms with Gasteiger partial charge in [0.2, 0.25) is 0 Å². The van der Waals surface area contributed by atoms with Crippen LogP contribution in [-0.4, -0.2) is 30.4 Å². The Bertz CT molecular complexity index is 378. The Kier molecular flexibility index (Phi) is 5.62. The number of nitrogens with zero attached hydrogens (tertiary/aromatic N) is 1. The van der Waals surface area contributed by atoms with Crippen LogP contribution in [0.3, 0.4) is 0 Å². The highest BCUT2D eigenvalue weighted by atomic mass is 79.9. The molecule has 1 unspecified atom stereocenters. The molecule has 0 aliphatic carbocycles. The summed E-state index contributed by atoms with van der Waals surface area (Å²) in [4.78, 5) is 14.5. The van der Waals surface area contributed by atoms with Crippen LogP contribution in [0.4, 0.5) is 0 Å². The van der Waals surface area contributed by atoms with Crippen molar-refractivity contribution < 1.29 is 4.79 Å². The first-order chi connectivity index (χ1) is 7.91. The molecule has 0 bridgehead atoms. The molecule has 1 atom stereocenters. The SMILES string of the molecule is CC(C)C(N)CCN(C)C(=O)c1ccc(Br)s1. The second kappa shape index (κ2) is 6.52. The summed E-state index contributed by atoms with van der Waals surface area (Å²) in [6.45, 7) is 4.90. The van der Waals surface area contributed by atoms with Crippen LogP contribution in [0.15, 0.2) is 15.9 Å². The molecule has 0 fully saturated rings. The average Bonchev–Trinajstić information content (AvgIpc) is 2.70. The highest BCUT2D eigenvalue weighted by Crippen LogP contribution is 2.23. The Hall–Kier alpha value is -0.390. The van der Waals surface area contributed by atoms with E-state index >= 15 is 0 Å². The van der Waals surface area contributed by atoms with E-state index in [9.17, 15) is 4.79 Å². The minimum Gasteiger partial charge on any atom is -0.341 e. The normalized spacial score (nSPS) is 12.8. The minimum absolute atomic E-state index is 0.0663. The third-order valence-electron chi connectivity index (χ3n) is 2.78. The molecule has 1 amide bonds. The lowest BCUT2D eigenvalue weighted by molar-refractivity contribution is 0.0794. The zero-order chi connectivity index (χ0) is 13.0. The molecule has 3 nitrogen and oxygen atoms in total. The molecule has 0 radical (unpaired) electrons. The van der Waals surface area contributed by atoms with Crippen LogP contribution < -0.4 is 5.73 Å². The van der Waals surface area contributed by atoms with Crippen molar-refractivity contribution in [3.63, 3.8) is 0 Å². The van der Waals surface area contributed by atoms with E-state index in [-0.39, 0.29) is 11.9 Å². The molecule has 0 spiro atoms. The number of hydrogen-bond donors (Lipinski definition) is 1. The van der Waals surface area contributed by atoms with Crippen LogP contribution in [0.25, 0.3) is 0 Å². The van der Waals surface area contributed by atoms with Crippen molar-refractivity contribution >= 4 is 33.2 Å². The van der Waals surface area contributed by atoms with Crippen LogP contribution >= 0.6 is 27.3 Å². The van der Waals surface area contributed by atoms with Gasteiger partial charge in [-0.2, -0.15) is 0 Å². The molecule has 2 N–H and O–H groups in total. The number of nitrogens with two attached hydrogens (primary N) is 1. The molecule has 1 aromatic rings. The largest absolute Gasteiger partial charge is 0.341 e.